The molecule has 0 spiro atoms. The second kappa shape index (κ2) is 7.58. The second-order valence-corrected chi connectivity index (χ2v) is 5.37. The molecule has 122 valence electrons. The van der Waals surface area contributed by atoms with Crippen LogP contribution in [0, 0.1) is 6.92 Å². The van der Waals surface area contributed by atoms with Crippen molar-refractivity contribution in [2.45, 2.75) is 33.4 Å². The number of aromatic nitrogens is 2. The van der Waals surface area contributed by atoms with Gasteiger partial charge in [0.05, 0.1) is 18.3 Å². The second-order valence-electron chi connectivity index (χ2n) is 5.37. The normalized spacial score (nSPS) is 11.8. The van der Waals surface area contributed by atoms with E-state index in [4.69, 9.17) is 0 Å². The van der Waals surface area contributed by atoms with Crippen molar-refractivity contribution in [3.8, 4) is 0 Å². The van der Waals surface area contributed by atoms with Crippen LogP contribution in [0.5, 0.6) is 0 Å². The van der Waals surface area contributed by atoms with Crippen LogP contribution in [-0.4, -0.2) is 28.1 Å². The van der Waals surface area contributed by atoms with Crippen molar-refractivity contribution in [2.75, 3.05) is 6.54 Å². The lowest BCUT2D eigenvalue weighted by Gasteiger charge is -2.14. The summed E-state index contributed by atoms with van der Waals surface area (Å²) in [6.07, 6.45) is 0. The average Bonchev–Trinajstić information content (AvgIpc) is 2.94. The number of hydrogen-bond donors (Lipinski definition) is 2. The summed E-state index contributed by atoms with van der Waals surface area (Å²) in [5.41, 5.74) is 2.26. The molecule has 6 nitrogen and oxygen atoms in total. The Morgan fingerprint density at radius 2 is 1.96 bits per heavy atom. The molecule has 0 bridgehead atoms. The first-order valence-electron chi connectivity index (χ1n) is 7.68. The van der Waals surface area contributed by atoms with Gasteiger partial charge < -0.3 is 10.6 Å². The zero-order valence-corrected chi connectivity index (χ0v) is 13.7. The summed E-state index contributed by atoms with van der Waals surface area (Å²) >= 11 is 0. The molecule has 1 aromatic heterocycles. The third-order valence-corrected chi connectivity index (χ3v) is 3.52. The number of carbonyl (C=O) groups is 2. The Bertz CT molecular complexity index is 679. The van der Waals surface area contributed by atoms with E-state index in [1.165, 1.54) is 0 Å². The van der Waals surface area contributed by atoms with Crippen LogP contribution in [0.25, 0.3) is 0 Å². The van der Waals surface area contributed by atoms with Crippen LogP contribution in [0.1, 0.15) is 41.6 Å². The molecule has 1 unspecified atom stereocenters. The largest absolute Gasteiger partial charge is 0.348 e. The van der Waals surface area contributed by atoms with Crippen LogP contribution in [0.15, 0.2) is 36.4 Å². The molecule has 0 aliphatic heterocycles. The average molecular weight is 314 g/mol. The molecule has 0 radical (unpaired) electrons. The van der Waals surface area contributed by atoms with Gasteiger partial charge in [-0.05, 0) is 32.4 Å². The van der Waals surface area contributed by atoms with Crippen LogP contribution < -0.4 is 10.6 Å². The third-order valence-electron chi connectivity index (χ3n) is 3.52. The highest BCUT2D eigenvalue weighted by Gasteiger charge is 2.15. The minimum Gasteiger partial charge on any atom is -0.348 e. The summed E-state index contributed by atoms with van der Waals surface area (Å²) in [6, 6.07) is 11.3. The summed E-state index contributed by atoms with van der Waals surface area (Å²) < 4.78 is 1.62. The van der Waals surface area contributed by atoms with Gasteiger partial charge in [-0.1, -0.05) is 30.3 Å². The molecule has 0 aliphatic carbocycles. The van der Waals surface area contributed by atoms with Gasteiger partial charge in [-0.25, -0.2) is 0 Å². The number of rotatable bonds is 6. The number of nitrogens with zero attached hydrogens (tertiary/aromatic N) is 2. The van der Waals surface area contributed by atoms with E-state index in [0.717, 1.165) is 11.3 Å². The van der Waals surface area contributed by atoms with Crippen molar-refractivity contribution in [3.05, 3.63) is 53.3 Å². The van der Waals surface area contributed by atoms with E-state index in [9.17, 15) is 9.59 Å². The minimum absolute atomic E-state index is 0.0655. The molecule has 2 rings (SSSR count). The zero-order valence-electron chi connectivity index (χ0n) is 13.7. The van der Waals surface area contributed by atoms with Gasteiger partial charge in [0.1, 0.15) is 5.69 Å². The van der Waals surface area contributed by atoms with Gasteiger partial charge in [0.15, 0.2) is 0 Å². The summed E-state index contributed by atoms with van der Waals surface area (Å²) in [6.45, 7) is 6.19. The van der Waals surface area contributed by atoms with Gasteiger partial charge in [0.25, 0.3) is 5.91 Å². The first-order valence-corrected chi connectivity index (χ1v) is 7.68. The molecule has 6 heteroatoms. The molecule has 0 saturated heterocycles. The fourth-order valence-corrected chi connectivity index (χ4v) is 2.34. The lowest BCUT2D eigenvalue weighted by atomic mass is 10.1. The van der Waals surface area contributed by atoms with Crippen LogP contribution >= 0.6 is 0 Å². The lowest BCUT2D eigenvalue weighted by Crippen LogP contribution is -2.38. The van der Waals surface area contributed by atoms with Crippen molar-refractivity contribution < 1.29 is 9.59 Å². The van der Waals surface area contributed by atoms with Crippen LogP contribution in [0.3, 0.4) is 0 Å². The maximum atomic E-state index is 12.1. The van der Waals surface area contributed by atoms with Crippen molar-refractivity contribution in [2.24, 2.45) is 0 Å². The Balaban J connectivity index is 1.87. The van der Waals surface area contributed by atoms with Crippen molar-refractivity contribution in [3.63, 3.8) is 0 Å². The van der Waals surface area contributed by atoms with Gasteiger partial charge in [-0.2, -0.15) is 5.10 Å². The molecule has 0 saturated carbocycles. The maximum absolute atomic E-state index is 12.1. The molecule has 1 atom stereocenters. The zero-order chi connectivity index (χ0) is 16.8. The molecule has 1 aromatic carbocycles. The van der Waals surface area contributed by atoms with E-state index in [1.807, 2.05) is 51.1 Å². The lowest BCUT2D eigenvalue weighted by molar-refractivity contribution is -0.120. The number of hydrogen-bond acceptors (Lipinski definition) is 3. The third kappa shape index (κ3) is 4.42. The summed E-state index contributed by atoms with van der Waals surface area (Å²) in [5, 5.41) is 9.71. The summed E-state index contributed by atoms with van der Waals surface area (Å²) in [7, 11) is 0. The summed E-state index contributed by atoms with van der Waals surface area (Å²) in [5.74, 6) is -0.524. The van der Waals surface area contributed by atoms with Gasteiger partial charge in [-0.3, -0.25) is 14.3 Å². The highest BCUT2D eigenvalue weighted by atomic mass is 16.2. The smallest absolute Gasteiger partial charge is 0.269 e. The molecular formula is C17H22N4O2. The molecule has 0 aliphatic rings. The van der Waals surface area contributed by atoms with E-state index < -0.39 is 0 Å². The predicted octanol–water partition coefficient (Wildman–Crippen LogP) is 1.82. The van der Waals surface area contributed by atoms with E-state index in [-0.39, 0.29) is 24.4 Å². The van der Waals surface area contributed by atoms with E-state index in [1.54, 1.807) is 10.7 Å². The monoisotopic (exact) mass is 314 g/mol. The maximum Gasteiger partial charge on any atom is 0.269 e. The standard InChI is InChI=1S/C17H22N4O2/c1-4-21-15(10-12(2)20-21)17(23)18-11-16(22)19-13(3)14-8-6-5-7-9-14/h5-10,13H,4,11H2,1-3H3,(H,18,23)(H,19,22). The van der Waals surface area contributed by atoms with Gasteiger partial charge in [0.2, 0.25) is 5.91 Å². The molecule has 2 amide bonds. The van der Waals surface area contributed by atoms with Crippen LogP contribution in [0.4, 0.5) is 0 Å². The van der Waals surface area contributed by atoms with Crippen molar-refractivity contribution in [1.82, 2.24) is 20.4 Å². The highest BCUT2D eigenvalue weighted by molar-refractivity contribution is 5.95. The number of aryl methyl sites for hydroxylation is 2. The number of nitrogens with one attached hydrogen (secondary N) is 2. The molecule has 1 heterocycles. The Hall–Kier alpha value is -2.63. The Morgan fingerprint density at radius 3 is 2.61 bits per heavy atom. The first-order chi connectivity index (χ1) is 11.0. The Kier molecular flexibility index (Phi) is 5.51. The molecule has 2 N–H and O–H groups in total. The van der Waals surface area contributed by atoms with Crippen molar-refractivity contribution in [1.29, 1.82) is 0 Å². The summed E-state index contributed by atoms with van der Waals surface area (Å²) in [4.78, 5) is 24.1. The minimum atomic E-state index is -0.296. The molecule has 0 fully saturated rings. The SMILES string of the molecule is CCn1nc(C)cc1C(=O)NCC(=O)NC(C)c1ccccc1. The molecular weight excluding hydrogens is 292 g/mol. The Labute approximate surface area is 135 Å². The first kappa shape index (κ1) is 16.7. The van der Waals surface area contributed by atoms with E-state index in [0.29, 0.717) is 12.2 Å². The van der Waals surface area contributed by atoms with Gasteiger partial charge >= 0.3 is 0 Å². The number of amides is 2. The fourth-order valence-electron chi connectivity index (χ4n) is 2.34. The Morgan fingerprint density at radius 1 is 1.26 bits per heavy atom. The van der Waals surface area contributed by atoms with Gasteiger partial charge in [-0.15, -0.1) is 0 Å². The molecule has 2 aromatic rings. The van der Waals surface area contributed by atoms with Crippen molar-refractivity contribution >= 4 is 11.8 Å². The van der Waals surface area contributed by atoms with Gasteiger partial charge in [0, 0.05) is 6.54 Å². The number of carbonyl (C=O) groups excluding carboxylic acids is 2. The van der Waals surface area contributed by atoms with E-state index >= 15 is 0 Å². The fraction of sp³-hybridized carbons (Fsp3) is 0.353. The quantitative estimate of drug-likeness (QED) is 0.854. The van der Waals surface area contributed by atoms with Crippen LogP contribution in [-0.2, 0) is 11.3 Å². The molecule has 23 heavy (non-hydrogen) atoms. The van der Waals surface area contributed by atoms with E-state index in [2.05, 4.69) is 15.7 Å². The van der Waals surface area contributed by atoms with Crippen LogP contribution in [0.2, 0.25) is 0 Å². The highest BCUT2D eigenvalue weighted by Crippen LogP contribution is 2.10. The topological polar surface area (TPSA) is 76.0 Å². The number of benzene rings is 1. The predicted molar refractivity (Wildman–Crippen MR) is 88.0 cm³/mol.